The van der Waals surface area contributed by atoms with Crippen LogP contribution in [0.2, 0.25) is 0 Å². The smallest absolute Gasteiger partial charge is 0.166 e. The summed E-state index contributed by atoms with van der Waals surface area (Å²) in [7, 11) is 0. The molecular formula is C8H16O3. The van der Waals surface area contributed by atoms with Gasteiger partial charge >= 0.3 is 0 Å². The molecule has 11 heavy (non-hydrogen) atoms. The van der Waals surface area contributed by atoms with Crippen molar-refractivity contribution in [3.05, 3.63) is 0 Å². The minimum absolute atomic E-state index is 0.0417. The van der Waals surface area contributed by atoms with Gasteiger partial charge in [-0.15, -0.1) is 0 Å². The lowest BCUT2D eigenvalue weighted by Crippen LogP contribution is -2.33. The van der Waals surface area contributed by atoms with E-state index in [4.69, 9.17) is 10.2 Å². The Bertz CT molecular complexity index is 135. The normalized spacial score (nSPS) is 14.6. The van der Waals surface area contributed by atoms with Gasteiger partial charge in [-0.2, -0.15) is 0 Å². The van der Waals surface area contributed by atoms with Gasteiger partial charge in [0.15, 0.2) is 5.78 Å². The van der Waals surface area contributed by atoms with Crippen LogP contribution in [0.25, 0.3) is 0 Å². The first-order valence-electron chi connectivity index (χ1n) is 3.81. The maximum Gasteiger partial charge on any atom is 0.166 e. The lowest BCUT2D eigenvalue weighted by molar-refractivity contribution is -0.136. The van der Waals surface area contributed by atoms with Gasteiger partial charge in [0.1, 0.15) is 5.60 Å². The van der Waals surface area contributed by atoms with Crippen molar-refractivity contribution in [3.8, 4) is 0 Å². The lowest BCUT2D eigenvalue weighted by Gasteiger charge is -2.17. The third kappa shape index (κ3) is 4.11. The van der Waals surface area contributed by atoms with Gasteiger partial charge < -0.3 is 10.2 Å². The summed E-state index contributed by atoms with van der Waals surface area (Å²) in [6, 6.07) is 0. The summed E-state index contributed by atoms with van der Waals surface area (Å²) < 4.78 is 0. The van der Waals surface area contributed by atoms with Gasteiger partial charge in [-0.25, -0.2) is 0 Å². The van der Waals surface area contributed by atoms with Gasteiger partial charge in [-0.3, -0.25) is 4.79 Å². The van der Waals surface area contributed by atoms with E-state index in [9.17, 15) is 4.79 Å². The molecule has 0 saturated carbocycles. The third-order valence-corrected chi connectivity index (χ3v) is 1.57. The zero-order chi connectivity index (χ0) is 9.07. The molecule has 2 N–H and O–H groups in total. The quantitative estimate of drug-likeness (QED) is 0.629. The van der Waals surface area contributed by atoms with Crippen molar-refractivity contribution < 1.29 is 15.0 Å². The molecule has 66 valence electrons. The summed E-state index contributed by atoms with van der Waals surface area (Å²) in [5, 5.41) is 18.2. The molecule has 0 aliphatic rings. The number of hydrogen-bond donors (Lipinski definition) is 2. The first-order valence-corrected chi connectivity index (χ1v) is 3.81. The SMILES string of the molecule is CCC(O)CC(=O)C(C)(C)O. The molecule has 0 heterocycles. The molecule has 3 nitrogen and oxygen atoms in total. The summed E-state index contributed by atoms with van der Waals surface area (Å²) in [5.74, 6) is -0.313. The van der Waals surface area contributed by atoms with Crippen LogP contribution in [-0.4, -0.2) is 27.7 Å². The Balaban J connectivity index is 3.88. The number of hydrogen-bond acceptors (Lipinski definition) is 3. The van der Waals surface area contributed by atoms with Crippen molar-refractivity contribution in [2.75, 3.05) is 0 Å². The summed E-state index contributed by atoms with van der Waals surface area (Å²) in [5.41, 5.74) is -1.31. The second kappa shape index (κ2) is 3.83. The fraction of sp³-hybridized carbons (Fsp3) is 0.875. The number of ketones is 1. The van der Waals surface area contributed by atoms with Gasteiger partial charge in [-0.1, -0.05) is 6.92 Å². The highest BCUT2D eigenvalue weighted by Crippen LogP contribution is 2.09. The van der Waals surface area contributed by atoms with Crippen LogP contribution < -0.4 is 0 Å². The highest BCUT2D eigenvalue weighted by atomic mass is 16.3. The number of carbonyl (C=O) groups is 1. The predicted molar refractivity (Wildman–Crippen MR) is 42.2 cm³/mol. The molecule has 0 amide bonds. The van der Waals surface area contributed by atoms with Crippen LogP contribution in [0, 0.1) is 0 Å². The van der Waals surface area contributed by atoms with Crippen LogP contribution in [-0.2, 0) is 4.79 Å². The molecular weight excluding hydrogens is 144 g/mol. The molecule has 0 bridgehead atoms. The van der Waals surface area contributed by atoms with E-state index in [2.05, 4.69) is 0 Å². The highest BCUT2D eigenvalue weighted by molar-refractivity contribution is 5.86. The standard InChI is InChI=1S/C8H16O3/c1-4-6(9)5-7(10)8(2,3)11/h6,9,11H,4-5H2,1-3H3. The topological polar surface area (TPSA) is 57.5 Å². The van der Waals surface area contributed by atoms with Crippen LogP contribution in [0.3, 0.4) is 0 Å². The van der Waals surface area contributed by atoms with Crippen molar-refractivity contribution in [3.63, 3.8) is 0 Å². The minimum Gasteiger partial charge on any atom is -0.393 e. The molecule has 0 aromatic carbocycles. The Morgan fingerprint density at radius 3 is 2.27 bits per heavy atom. The van der Waals surface area contributed by atoms with E-state index in [0.717, 1.165) is 0 Å². The molecule has 0 aromatic heterocycles. The van der Waals surface area contributed by atoms with Crippen molar-refractivity contribution in [1.29, 1.82) is 0 Å². The number of carbonyl (C=O) groups excluding carboxylic acids is 1. The van der Waals surface area contributed by atoms with Gasteiger partial charge in [0.2, 0.25) is 0 Å². The number of aliphatic hydroxyl groups is 2. The van der Waals surface area contributed by atoms with Gasteiger partial charge in [0.25, 0.3) is 0 Å². The number of rotatable bonds is 4. The summed E-state index contributed by atoms with van der Waals surface area (Å²) >= 11 is 0. The molecule has 0 radical (unpaired) electrons. The average molecular weight is 160 g/mol. The second-order valence-corrected chi connectivity index (χ2v) is 3.25. The monoisotopic (exact) mass is 160 g/mol. The van der Waals surface area contributed by atoms with Crippen molar-refractivity contribution in [2.24, 2.45) is 0 Å². The molecule has 0 rings (SSSR count). The van der Waals surface area contributed by atoms with E-state index in [0.29, 0.717) is 6.42 Å². The Labute approximate surface area is 67.0 Å². The van der Waals surface area contributed by atoms with E-state index in [1.165, 1.54) is 13.8 Å². The Kier molecular flexibility index (Phi) is 3.69. The summed E-state index contributed by atoms with van der Waals surface area (Å²) in [4.78, 5) is 11.0. The zero-order valence-electron chi connectivity index (χ0n) is 7.29. The first kappa shape index (κ1) is 10.6. The molecule has 0 aromatic rings. The van der Waals surface area contributed by atoms with E-state index >= 15 is 0 Å². The number of Topliss-reactive ketones (excluding diaryl/α,β-unsaturated/α-hetero) is 1. The molecule has 0 fully saturated rings. The van der Waals surface area contributed by atoms with Crippen LogP contribution >= 0.6 is 0 Å². The lowest BCUT2D eigenvalue weighted by atomic mass is 9.98. The molecule has 0 spiro atoms. The fourth-order valence-corrected chi connectivity index (χ4v) is 0.608. The number of aliphatic hydroxyl groups excluding tert-OH is 1. The first-order chi connectivity index (χ1) is 4.88. The summed E-state index contributed by atoms with van der Waals surface area (Å²) in [6.45, 7) is 4.65. The molecule has 3 heteroatoms. The van der Waals surface area contributed by atoms with Crippen molar-refractivity contribution in [2.45, 2.75) is 45.3 Å². The Morgan fingerprint density at radius 2 is 2.00 bits per heavy atom. The van der Waals surface area contributed by atoms with Gasteiger partial charge in [0, 0.05) is 6.42 Å². The molecule has 0 saturated heterocycles. The van der Waals surface area contributed by atoms with Gasteiger partial charge in [0.05, 0.1) is 6.10 Å². The minimum atomic E-state index is -1.31. The Hall–Kier alpha value is -0.410. The van der Waals surface area contributed by atoms with Crippen molar-refractivity contribution >= 4 is 5.78 Å². The zero-order valence-corrected chi connectivity index (χ0v) is 7.29. The maximum atomic E-state index is 11.0. The predicted octanol–water partition coefficient (Wildman–Crippen LogP) is 0.487. The Morgan fingerprint density at radius 1 is 1.55 bits per heavy atom. The fourth-order valence-electron chi connectivity index (χ4n) is 0.608. The second-order valence-electron chi connectivity index (χ2n) is 3.25. The largest absolute Gasteiger partial charge is 0.393 e. The van der Waals surface area contributed by atoms with Crippen LogP contribution in [0.5, 0.6) is 0 Å². The third-order valence-electron chi connectivity index (χ3n) is 1.57. The molecule has 1 unspecified atom stereocenters. The van der Waals surface area contributed by atoms with Crippen LogP contribution in [0.4, 0.5) is 0 Å². The average Bonchev–Trinajstić information content (AvgIpc) is 1.85. The highest BCUT2D eigenvalue weighted by Gasteiger charge is 2.24. The maximum absolute atomic E-state index is 11.0. The molecule has 0 aliphatic carbocycles. The van der Waals surface area contributed by atoms with E-state index in [-0.39, 0.29) is 12.2 Å². The van der Waals surface area contributed by atoms with Crippen LogP contribution in [0.1, 0.15) is 33.6 Å². The van der Waals surface area contributed by atoms with E-state index < -0.39 is 11.7 Å². The van der Waals surface area contributed by atoms with Crippen LogP contribution in [0.15, 0.2) is 0 Å². The van der Waals surface area contributed by atoms with Crippen molar-refractivity contribution in [1.82, 2.24) is 0 Å². The van der Waals surface area contributed by atoms with E-state index in [1.54, 1.807) is 6.92 Å². The molecule has 1 atom stereocenters. The van der Waals surface area contributed by atoms with E-state index in [1.807, 2.05) is 0 Å². The molecule has 0 aliphatic heterocycles. The van der Waals surface area contributed by atoms with Gasteiger partial charge in [-0.05, 0) is 20.3 Å². The summed E-state index contributed by atoms with van der Waals surface area (Å²) in [6.07, 6.45) is -0.0316.